The molecule has 1 aliphatic heterocycles. The third-order valence-corrected chi connectivity index (χ3v) is 5.56. The maximum Gasteiger partial charge on any atom is 0.329 e. The van der Waals surface area contributed by atoms with Crippen LogP contribution in [0.3, 0.4) is 0 Å². The second kappa shape index (κ2) is 7.67. The van der Waals surface area contributed by atoms with Crippen LogP contribution in [0.1, 0.15) is 34.0 Å². The van der Waals surface area contributed by atoms with E-state index in [1.165, 1.54) is 0 Å². The van der Waals surface area contributed by atoms with E-state index in [4.69, 9.17) is 16.9 Å². The van der Waals surface area contributed by atoms with Crippen LogP contribution < -0.4 is 5.69 Å². The van der Waals surface area contributed by atoms with Gasteiger partial charge in [-0.05, 0) is 42.3 Å². The molecule has 4 rings (SSSR count). The van der Waals surface area contributed by atoms with Crippen molar-refractivity contribution in [2.24, 2.45) is 4.99 Å². The number of aliphatic hydroxyl groups excluding tert-OH is 1. The molecule has 150 valence electrons. The summed E-state index contributed by atoms with van der Waals surface area (Å²) in [4.78, 5) is 19.6. The summed E-state index contributed by atoms with van der Waals surface area (Å²) in [6.07, 6.45) is 3.27. The fourth-order valence-corrected chi connectivity index (χ4v) is 3.66. The molecule has 0 spiro atoms. The van der Waals surface area contributed by atoms with Crippen LogP contribution in [-0.4, -0.2) is 32.6 Å². The molecule has 2 aromatic carbocycles. The van der Waals surface area contributed by atoms with Crippen LogP contribution in [0.15, 0.2) is 46.2 Å². The standard InChI is InChI=1S/C22H17ClN4O3/c1-12-17(23)7-6-16-15(10-25-20(12)16)8-18-21(29)27(22(30)26-18)19(11-28)14-4-2-13(9-24)3-5-14/h2-8,10,19,28-29H,11H2,1H3,(H,26,30)/b15-8+. The molecule has 1 atom stereocenters. The van der Waals surface area contributed by atoms with Crippen LogP contribution in [0.2, 0.25) is 5.02 Å². The largest absolute Gasteiger partial charge is 0.493 e. The van der Waals surface area contributed by atoms with Crippen LogP contribution in [0.4, 0.5) is 5.69 Å². The number of aliphatic hydroxyl groups is 1. The van der Waals surface area contributed by atoms with Crippen molar-refractivity contribution in [2.75, 3.05) is 6.61 Å². The Morgan fingerprint density at radius 2 is 2.03 bits per heavy atom. The van der Waals surface area contributed by atoms with E-state index in [1.54, 1.807) is 42.6 Å². The molecule has 0 amide bonds. The number of imidazole rings is 1. The lowest BCUT2D eigenvalue weighted by atomic mass is 10.0. The van der Waals surface area contributed by atoms with E-state index in [-0.39, 0.29) is 11.6 Å². The Bertz CT molecular complexity index is 1290. The van der Waals surface area contributed by atoms with E-state index in [0.717, 1.165) is 21.4 Å². The number of hydrogen-bond donors (Lipinski definition) is 3. The number of rotatable bonds is 4. The van der Waals surface area contributed by atoms with Gasteiger partial charge in [-0.15, -0.1) is 0 Å². The van der Waals surface area contributed by atoms with Gasteiger partial charge < -0.3 is 15.2 Å². The van der Waals surface area contributed by atoms with E-state index in [0.29, 0.717) is 21.7 Å². The molecule has 1 aromatic heterocycles. The van der Waals surface area contributed by atoms with Crippen molar-refractivity contribution < 1.29 is 10.2 Å². The Morgan fingerprint density at radius 1 is 1.30 bits per heavy atom. The summed E-state index contributed by atoms with van der Waals surface area (Å²) >= 11 is 6.15. The van der Waals surface area contributed by atoms with Crippen LogP contribution in [0.25, 0.3) is 11.6 Å². The van der Waals surface area contributed by atoms with Crippen LogP contribution in [0.5, 0.6) is 5.88 Å². The molecule has 1 unspecified atom stereocenters. The molecule has 0 radical (unpaired) electrons. The fraction of sp³-hybridized carbons (Fsp3) is 0.136. The number of nitrogens with zero attached hydrogens (tertiary/aromatic N) is 3. The number of aromatic amines is 1. The molecule has 2 heterocycles. The Labute approximate surface area is 176 Å². The zero-order valence-electron chi connectivity index (χ0n) is 15.9. The van der Waals surface area contributed by atoms with Gasteiger partial charge >= 0.3 is 5.69 Å². The molecule has 1 aliphatic rings. The summed E-state index contributed by atoms with van der Waals surface area (Å²) in [7, 11) is 0. The lowest BCUT2D eigenvalue weighted by Gasteiger charge is -2.16. The molecule has 30 heavy (non-hydrogen) atoms. The van der Waals surface area contributed by atoms with Crippen molar-refractivity contribution in [1.29, 1.82) is 5.26 Å². The third kappa shape index (κ3) is 3.22. The Kier molecular flexibility index (Phi) is 5.04. The molecule has 0 fully saturated rings. The zero-order valence-corrected chi connectivity index (χ0v) is 16.7. The van der Waals surface area contributed by atoms with E-state index in [2.05, 4.69) is 9.98 Å². The molecule has 3 aromatic rings. The van der Waals surface area contributed by atoms with Crippen molar-refractivity contribution in [3.8, 4) is 11.9 Å². The number of aromatic hydroxyl groups is 1. The predicted molar refractivity (Wildman–Crippen MR) is 115 cm³/mol. The van der Waals surface area contributed by atoms with Gasteiger partial charge in [0.2, 0.25) is 5.88 Å². The minimum absolute atomic E-state index is 0.203. The van der Waals surface area contributed by atoms with Crippen molar-refractivity contribution in [3.63, 3.8) is 0 Å². The first-order chi connectivity index (χ1) is 14.4. The first kappa shape index (κ1) is 19.7. The van der Waals surface area contributed by atoms with Crippen LogP contribution in [-0.2, 0) is 0 Å². The number of fused-ring (bicyclic) bond motifs is 1. The minimum Gasteiger partial charge on any atom is -0.493 e. The Morgan fingerprint density at radius 3 is 2.70 bits per heavy atom. The summed E-state index contributed by atoms with van der Waals surface area (Å²) in [5, 5.41) is 30.2. The van der Waals surface area contributed by atoms with Gasteiger partial charge in [0.25, 0.3) is 0 Å². The van der Waals surface area contributed by atoms with E-state index in [9.17, 15) is 15.0 Å². The van der Waals surface area contributed by atoms with Crippen molar-refractivity contribution >= 4 is 35.2 Å². The number of H-pyrrole nitrogens is 1. The molecule has 7 nitrogen and oxygen atoms in total. The third-order valence-electron chi connectivity index (χ3n) is 5.15. The lowest BCUT2D eigenvalue weighted by molar-refractivity contribution is 0.237. The molecule has 3 N–H and O–H groups in total. The summed E-state index contributed by atoms with van der Waals surface area (Å²) in [5.74, 6) is -0.302. The number of benzene rings is 2. The minimum atomic E-state index is -0.806. The summed E-state index contributed by atoms with van der Waals surface area (Å²) in [5.41, 5.74) is 3.85. The predicted octanol–water partition coefficient (Wildman–Crippen LogP) is 3.55. The first-order valence-electron chi connectivity index (χ1n) is 9.14. The van der Waals surface area contributed by atoms with Crippen LogP contribution >= 0.6 is 11.6 Å². The number of aliphatic imine (C=N–C) groups is 1. The van der Waals surface area contributed by atoms with Crippen molar-refractivity contribution in [2.45, 2.75) is 13.0 Å². The van der Waals surface area contributed by atoms with E-state index in [1.807, 2.05) is 19.1 Å². The van der Waals surface area contributed by atoms with Crippen molar-refractivity contribution in [1.82, 2.24) is 9.55 Å². The maximum atomic E-state index is 12.6. The average Bonchev–Trinajstić information content (AvgIpc) is 3.28. The number of hydrogen-bond acceptors (Lipinski definition) is 5. The highest BCUT2D eigenvalue weighted by atomic mass is 35.5. The van der Waals surface area contributed by atoms with Crippen LogP contribution in [0, 0.1) is 18.3 Å². The molecule has 0 saturated heterocycles. The SMILES string of the molecule is Cc1c(Cl)ccc2c1N=C/C2=C\c1[nH]c(=O)n(C(CO)c2ccc(C#N)cc2)c1O. The zero-order chi connectivity index (χ0) is 21.4. The molecule has 8 heteroatoms. The highest BCUT2D eigenvalue weighted by Crippen LogP contribution is 2.39. The molecular formula is C22H17ClN4O3. The van der Waals surface area contributed by atoms with Gasteiger partial charge in [0, 0.05) is 22.4 Å². The maximum absolute atomic E-state index is 12.6. The smallest absolute Gasteiger partial charge is 0.329 e. The Hall–Kier alpha value is -3.60. The topological polar surface area (TPSA) is 114 Å². The fourth-order valence-electron chi connectivity index (χ4n) is 3.51. The van der Waals surface area contributed by atoms with Gasteiger partial charge in [-0.2, -0.15) is 5.26 Å². The second-order valence-electron chi connectivity index (χ2n) is 6.90. The highest BCUT2D eigenvalue weighted by molar-refractivity contribution is 6.32. The molecular weight excluding hydrogens is 404 g/mol. The number of allylic oxidation sites excluding steroid dienone is 1. The van der Waals surface area contributed by atoms with E-state index >= 15 is 0 Å². The molecule has 0 saturated carbocycles. The quantitative estimate of drug-likeness (QED) is 0.598. The summed E-state index contributed by atoms with van der Waals surface area (Å²) in [6, 6.07) is 11.3. The van der Waals surface area contributed by atoms with Gasteiger partial charge in [-0.3, -0.25) is 9.56 Å². The normalized spacial score (nSPS) is 14.7. The van der Waals surface area contributed by atoms with Gasteiger partial charge in [0.1, 0.15) is 5.69 Å². The second-order valence-corrected chi connectivity index (χ2v) is 7.30. The van der Waals surface area contributed by atoms with Crippen molar-refractivity contribution in [3.05, 3.63) is 79.9 Å². The number of aromatic nitrogens is 2. The first-order valence-corrected chi connectivity index (χ1v) is 9.52. The summed E-state index contributed by atoms with van der Waals surface area (Å²) in [6.45, 7) is 1.47. The molecule has 0 bridgehead atoms. The van der Waals surface area contributed by atoms with Gasteiger partial charge in [0.15, 0.2) is 0 Å². The van der Waals surface area contributed by atoms with E-state index < -0.39 is 18.3 Å². The number of nitrogens with one attached hydrogen (secondary N) is 1. The van der Waals surface area contributed by atoms with Gasteiger partial charge in [0.05, 0.1) is 30.0 Å². The summed E-state index contributed by atoms with van der Waals surface area (Å²) < 4.78 is 1.09. The van der Waals surface area contributed by atoms with Gasteiger partial charge in [-0.1, -0.05) is 29.8 Å². The lowest BCUT2D eigenvalue weighted by Crippen LogP contribution is -2.25. The average molecular weight is 421 g/mol. The monoisotopic (exact) mass is 420 g/mol. The number of halogens is 1. The number of nitriles is 1. The highest BCUT2D eigenvalue weighted by Gasteiger charge is 2.23. The van der Waals surface area contributed by atoms with Gasteiger partial charge in [-0.25, -0.2) is 4.79 Å². The molecule has 0 aliphatic carbocycles. The Balaban J connectivity index is 1.76.